The fourth-order valence-electron chi connectivity index (χ4n) is 1.96. The van der Waals surface area contributed by atoms with Crippen molar-refractivity contribution < 1.29 is 41.4 Å². The number of allylic oxidation sites excluding steroid dienone is 3. The first-order valence-corrected chi connectivity index (χ1v) is 10.1. The Balaban J connectivity index is 2.57. The van der Waals surface area contributed by atoms with Gasteiger partial charge >= 0.3 is 13.8 Å². The summed E-state index contributed by atoms with van der Waals surface area (Å²) >= 11 is 0. The lowest BCUT2D eigenvalue weighted by molar-refractivity contribution is -0.120. The van der Waals surface area contributed by atoms with Crippen molar-refractivity contribution in [1.29, 1.82) is 0 Å². The highest BCUT2D eigenvalue weighted by Crippen LogP contribution is 2.47. The molecule has 1 aromatic carbocycles. The summed E-state index contributed by atoms with van der Waals surface area (Å²) in [7, 11) is -3.16. The Bertz CT molecular complexity index is 731. The fourth-order valence-corrected chi connectivity index (χ4v) is 3.44. The van der Waals surface area contributed by atoms with E-state index in [1.54, 1.807) is 26.0 Å². The summed E-state index contributed by atoms with van der Waals surface area (Å²) in [6.45, 7) is 4.10. The van der Waals surface area contributed by atoms with E-state index in [9.17, 15) is 22.5 Å². The highest BCUT2D eigenvalue weighted by atomic mass is 31.2. The maximum absolute atomic E-state index is 12.2. The number of hydrogen-bond donors (Lipinski definition) is 1. The number of ketones is 1. The summed E-state index contributed by atoms with van der Waals surface area (Å²) in [5.41, 5.74) is -0.0342. The van der Waals surface area contributed by atoms with Crippen LogP contribution in [0.4, 0.5) is 13.2 Å². The van der Waals surface area contributed by atoms with Gasteiger partial charge in [-0.05, 0) is 38.1 Å². The Morgan fingerprint density at radius 1 is 1.11 bits per heavy atom. The van der Waals surface area contributed by atoms with E-state index in [4.69, 9.17) is 18.9 Å². The SMILES string of the molecule is CCOP(=O)(C/C=C/COc1ccc(C(=O)/C=C(\O)C(F)(F)F)cc1)OCC. The first-order valence-electron chi connectivity index (χ1n) is 8.39. The number of carbonyl (C=O) groups excluding carboxylic acids is 1. The number of aliphatic hydroxyl groups is 1. The molecule has 0 aliphatic rings. The lowest BCUT2D eigenvalue weighted by atomic mass is 10.1. The van der Waals surface area contributed by atoms with Gasteiger partial charge in [-0.1, -0.05) is 12.2 Å². The third-order valence-corrected chi connectivity index (χ3v) is 5.15. The van der Waals surface area contributed by atoms with Gasteiger partial charge in [0.15, 0.2) is 5.78 Å². The number of carbonyl (C=O) groups is 1. The van der Waals surface area contributed by atoms with Crippen molar-refractivity contribution in [2.45, 2.75) is 20.0 Å². The van der Waals surface area contributed by atoms with Crippen LogP contribution >= 0.6 is 7.60 Å². The average Bonchev–Trinajstić information content (AvgIpc) is 2.61. The number of rotatable bonds is 11. The topological polar surface area (TPSA) is 82.1 Å². The van der Waals surface area contributed by atoms with Gasteiger partial charge in [-0.15, -0.1) is 0 Å². The van der Waals surface area contributed by atoms with Crippen LogP contribution in [0.3, 0.4) is 0 Å². The van der Waals surface area contributed by atoms with Crippen molar-refractivity contribution in [2.24, 2.45) is 0 Å². The van der Waals surface area contributed by atoms with Gasteiger partial charge in [-0.25, -0.2) is 0 Å². The van der Waals surface area contributed by atoms with Crippen LogP contribution in [0.25, 0.3) is 0 Å². The van der Waals surface area contributed by atoms with E-state index in [1.807, 2.05) is 0 Å². The van der Waals surface area contributed by atoms with E-state index in [1.165, 1.54) is 24.3 Å². The molecule has 0 spiro atoms. The Hall–Kier alpha value is -2.09. The third kappa shape index (κ3) is 8.29. The second-order valence-corrected chi connectivity index (χ2v) is 7.43. The summed E-state index contributed by atoms with van der Waals surface area (Å²) in [6.07, 6.45) is -1.53. The standard InChI is InChI=1S/C18H22F3O6P/c1-3-26-28(24,27-4-2)12-6-5-11-25-15-9-7-14(8-10-15)16(22)13-17(23)18(19,20)21/h5-10,13,23H,3-4,11-12H2,1-2H3/b6-5+,17-13-. The smallest absolute Gasteiger partial charge is 0.448 e. The number of benzene rings is 1. The van der Waals surface area contributed by atoms with Crippen molar-refractivity contribution in [2.75, 3.05) is 26.0 Å². The Labute approximate surface area is 161 Å². The predicted molar refractivity (Wildman–Crippen MR) is 97.9 cm³/mol. The largest absolute Gasteiger partial charge is 0.504 e. The van der Waals surface area contributed by atoms with E-state index < -0.39 is 25.3 Å². The summed E-state index contributed by atoms with van der Waals surface area (Å²) < 4.78 is 64.6. The van der Waals surface area contributed by atoms with Crippen LogP contribution in [0.2, 0.25) is 0 Å². The fraction of sp³-hybridized carbons (Fsp3) is 0.389. The van der Waals surface area contributed by atoms with Gasteiger partial charge in [-0.2, -0.15) is 13.2 Å². The molecule has 1 N–H and O–H groups in total. The molecule has 0 aliphatic carbocycles. The van der Waals surface area contributed by atoms with E-state index in [0.29, 0.717) is 5.75 Å². The Morgan fingerprint density at radius 2 is 1.68 bits per heavy atom. The average molecular weight is 422 g/mol. The van der Waals surface area contributed by atoms with E-state index in [-0.39, 0.29) is 37.6 Å². The van der Waals surface area contributed by atoms with Crippen LogP contribution < -0.4 is 4.74 Å². The maximum atomic E-state index is 12.2. The monoisotopic (exact) mass is 422 g/mol. The summed E-state index contributed by atoms with van der Waals surface area (Å²) in [6, 6.07) is 5.37. The molecular weight excluding hydrogens is 400 g/mol. The number of aliphatic hydroxyl groups excluding tert-OH is 1. The molecule has 28 heavy (non-hydrogen) atoms. The summed E-state index contributed by atoms with van der Waals surface area (Å²) in [4.78, 5) is 11.7. The van der Waals surface area contributed by atoms with E-state index >= 15 is 0 Å². The van der Waals surface area contributed by atoms with Crippen LogP contribution in [-0.4, -0.2) is 43.0 Å². The number of ether oxygens (including phenoxy) is 1. The van der Waals surface area contributed by atoms with E-state index in [0.717, 1.165) is 0 Å². The molecular formula is C18H22F3O6P. The minimum absolute atomic E-state index is 0.0342. The van der Waals surface area contributed by atoms with Crippen molar-refractivity contribution >= 4 is 13.4 Å². The molecule has 0 saturated heterocycles. The molecule has 1 rings (SSSR count). The lowest BCUT2D eigenvalue weighted by Crippen LogP contribution is -2.13. The normalized spacial score (nSPS) is 13.1. The summed E-state index contributed by atoms with van der Waals surface area (Å²) in [5, 5.41) is 8.81. The molecule has 0 saturated carbocycles. The van der Waals surface area contributed by atoms with Crippen molar-refractivity contribution in [3.8, 4) is 5.75 Å². The Kier molecular flexibility index (Phi) is 9.45. The molecule has 0 atom stereocenters. The zero-order chi connectivity index (χ0) is 21.2. The number of halogens is 3. The summed E-state index contributed by atoms with van der Waals surface area (Å²) in [5.74, 6) is -2.56. The van der Waals surface area contributed by atoms with Gasteiger partial charge in [0.05, 0.1) is 19.4 Å². The van der Waals surface area contributed by atoms with Gasteiger partial charge in [-0.3, -0.25) is 9.36 Å². The molecule has 0 bridgehead atoms. The molecule has 0 aromatic heterocycles. The number of alkyl halides is 3. The highest BCUT2D eigenvalue weighted by molar-refractivity contribution is 7.54. The maximum Gasteiger partial charge on any atom is 0.448 e. The van der Waals surface area contributed by atoms with Crippen molar-refractivity contribution in [3.63, 3.8) is 0 Å². The van der Waals surface area contributed by atoms with Crippen molar-refractivity contribution in [1.82, 2.24) is 0 Å². The molecule has 0 radical (unpaired) electrons. The third-order valence-electron chi connectivity index (χ3n) is 3.19. The van der Waals surface area contributed by atoms with Crippen molar-refractivity contribution in [3.05, 3.63) is 53.8 Å². The molecule has 1 aromatic rings. The molecule has 0 unspecified atom stereocenters. The van der Waals surface area contributed by atoms with Gasteiger partial charge in [0.2, 0.25) is 5.76 Å². The first kappa shape index (κ1) is 23.9. The van der Waals surface area contributed by atoms with Crippen LogP contribution in [0.15, 0.2) is 48.3 Å². The second kappa shape index (κ2) is 11.0. The van der Waals surface area contributed by atoms with Crippen LogP contribution in [0.1, 0.15) is 24.2 Å². The molecule has 156 valence electrons. The van der Waals surface area contributed by atoms with Crippen LogP contribution in [-0.2, 0) is 13.6 Å². The van der Waals surface area contributed by atoms with Gasteiger partial charge < -0.3 is 18.9 Å². The second-order valence-electron chi connectivity index (χ2n) is 5.33. The van der Waals surface area contributed by atoms with Crippen LogP contribution in [0.5, 0.6) is 5.75 Å². The lowest BCUT2D eigenvalue weighted by Gasteiger charge is -2.14. The quantitative estimate of drug-likeness (QED) is 0.176. The van der Waals surface area contributed by atoms with Gasteiger partial charge in [0, 0.05) is 11.6 Å². The van der Waals surface area contributed by atoms with E-state index in [2.05, 4.69) is 0 Å². The zero-order valence-corrected chi connectivity index (χ0v) is 16.3. The van der Waals surface area contributed by atoms with Gasteiger partial charge in [0.25, 0.3) is 0 Å². The molecule has 0 fully saturated rings. The minimum atomic E-state index is -4.97. The molecule has 6 nitrogen and oxygen atoms in total. The molecule has 10 heteroatoms. The first-order chi connectivity index (χ1) is 13.1. The minimum Gasteiger partial charge on any atom is -0.504 e. The molecule has 0 heterocycles. The Morgan fingerprint density at radius 3 is 2.18 bits per heavy atom. The van der Waals surface area contributed by atoms with Gasteiger partial charge in [0.1, 0.15) is 12.4 Å². The molecule has 0 aliphatic heterocycles. The highest BCUT2D eigenvalue weighted by Gasteiger charge is 2.34. The van der Waals surface area contributed by atoms with Crippen LogP contribution in [0, 0.1) is 0 Å². The number of hydrogen-bond acceptors (Lipinski definition) is 6. The zero-order valence-electron chi connectivity index (χ0n) is 15.4. The molecule has 0 amide bonds. The predicted octanol–water partition coefficient (Wildman–Crippen LogP) is 5.07.